The van der Waals surface area contributed by atoms with E-state index in [4.69, 9.17) is 5.73 Å². The van der Waals surface area contributed by atoms with Crippen molar-refractivity contribution in [3.63, 3.8) is 0 Å². The van der Waals surface area contributed by atoms with Gasteiger partial charge in [-0.05, 0) is 35.8 Å². The normalized spacial score (nSPS) is 27.9. The Morgan fingerprint density at radius 1 is 1.08 bits per heavy atom. The van der Waals surface area contributed by atoms with Gasteiger partial charge in [0.15, 0.2) is 5.41 Å². The fourth-order valence-electron chi connectivity index (χ4n) is 4.10. The molecule has 0 aromatic heterocycles. The first kappa shape index (κ1) is 15.9. The zero-order valence-corrected chi connectivity index (χ0v) is 13.5. The highest BCUT2D eigenvalue weighted by molar-refractivity contribution is 5.59. The second-order valence-corrected chi connectivity index (χ2v) is 6.60. The Kier molecular flexibility index (Phi) is 3.88. The Bertz CT molecular complexity index is 828. The van der Waals surface area contributed by atoms with Gasteiger partial charge in [-0.1, -0.05) is 43.3 Å². The van der Waals surface area contributed by atoms with E-state index in [2.05, 4.69) is 31.2 Å². The third-order valence-corrected chi connectivity index (χ3v) is 5.27. The Labute approximate surface area is 142 Å². The molecular formula is C20H18N4. The lowest BCUT2D eigenvalue weighted by molar-refractivity contribution is 0.303. The van der Waals surface area contributed by atoms with Crippen LogP contribution in [0.3, 0.4) is 0 Å². The van der Waals surface area contributed by atoms with Gasteiger partial charge in [0.25, 0.3) is 0 Å². The van der Waals surface area contributed by atoms with Crippen LogP contribution in [0.4, 0.5) is 0 Å². The van der Waals surface area contributed by atoms with Crippen LogP contribution < -0.4 is 5.73 Å². The highest BCUT2D eigenvalue weighted by atomic mass is 14.7. The molecule has 3 atom stereocenters. The molecule has 0 saturated heterocycles. The van der Waals surface area contributed by atoms with Gasteiger partial charge >= 0.3 is 0 Å². The zero-order chi connectivity index (χ0) is 17.3. The smallest absolute Gasteiger partial charge is 0.191 e. The third-order valence-electron chi connectivity index (χ3n) is 5.27. The van der Waals surface area contributed by atoms with Crippen LogP contribution in [0.2, 0.25) is 0 Å². The quantitative estimate of drug-likeness (QED) is 0.857. The summed E-state index contributed by atoms with van der Waals surface area (Å²) in [6.45, 7) is 2.11. The number of nitrogens with zero attached hydrogens (tertiary/aromatic N) is 3. The first-order chi connectivity index (χ1) is 11.6. The van der Waals surface area contributed by atoms with Crippen LogP contribution >= 0.6 is 0 Å². The van der Waals surface area contributed by atoms with Crippen LogP contribution in [0.5, 0.6) is 0 Å². The topological polar surface area (TPSA) is 97.4 Å². The van der Waals surface area contributed by atoms with Crippen LogP contribution in [0.15, 0.2) is 53.3 Å². The molecule has 0 fully saturated rings. The van der Waals surface area contributed by atoms with Crippen molar-refractivity contribution in [3.8, 4) is 18.2 Å². The van der Waals surface area contributed by atoms with Crippen molar-refractivity contribution < 1.29 is 0 Å². The SMILES string of the molecule is C[C@@H]1C=C2C(C#N)=C(N)C(C#N)(C#N)[C@H](c3ccccc3)[C@H]2CC1. The first-order valence-electron chi connectivity index (χ1n) is 8.09. The number of hydrogen-bond donors (Lipinski definition) is 1. The maximum absolute atomic E-state index is 9.88. The van der Waals surface area contributed by atoms with Crippen molar-refractivity contribution in [2.24, 2.45) is 23.0 Å². The zero-order valence-electron chi connectivity index (χ0n) is 13.5. The predicted octanol–water partition coefficient (Wildman–Crippen LogP) is 3.53. The summed E-state index contributed by atoms with van der Waals surface area (Å²) in [7, 11) is 0. The van der Waals surface area contributed by atoms with E-state index in [0.29, 0.717) is 11.5 Å². The Hall–Kier alpha value is -3.03. The van der Waals surface area contributed by atoms with Crippen LogP contribution in [-0.4, -0.2) is 0 Å². The Balaban J connectivity index is 2.34. The summed E-state index contributed by atoms with van der Waals surface area (Å²) >= 11 is 0. The van der Waals surface area contributed by atoms with E-state index in [9.17, 15) is 15.8 Å². The molecule has 0 aliphatic heterocycles. The molecule has 4 nitrogen and oxygen atoms in total. The van der Waals surface area contributed by atoms with Gasteiger partial charge < -0.3 is 5.73 Å². The second kappa shape index (κ2) is 5.88. The molecule has 2 aliphatic carbocycles. The van der Waals surface area contributed by atoms with E-state index >= 15 is 0 Å². The molecule has 0 unspecified atom stereocenters. The lowest BCUT2D eigenvalue weighted by atomic mass is 9.56. The molecule has 2 aliphatic rings. The standard InChI is InChI=1S/C20H18N4/c1-13-7-8-15-16(9-13)17(10-21)19(24)20(11-22,12-23)18(15)14-5-3-2-4-6-14/h2-6,9,13,15,18H,7-8,24H2,1H3/t13-,15-,18+/m0/s1. The van der Waals surface area contributed by atoms with E-state index < -0.39 is 5.41 Å². The molecule has 0 amide bonds. The second-order valence-electron chi connectivity index (χ2n) is 6.60. The number of nitrogens with two attached hydrogens (primary N) is 1. The van der Waals surface area contributed by atoms with E-state index in [1.807, 2.05) is 30.3 Å². The maximum atomic E-state index is 9.88. The first-order valence-corrected chi connectivity index (χ1v) is 8.09. The summed E-state index contributed by atoms with van der Waals surface area (Å²) in [5, 5.41) is 29.4. The van der Waals surface area contributed by atoms with E-state index in [-0.39, 0.29) is 17.5 Å². The minimum absolute atomic E-state index is 0.0372. The van der Waals surface area contributed by atoms with Gasteiger partial charge in [-0.25, -0.2) is 0 Å². The van der Waals surface area contributed by atoms with Crippen molar-refractivity contribution >= 4 is 0 Å². The minimum atomic E-state index is -1.50. The van der Waals surface area contributed by atoms with Crippen LogP contribution in [-0.2, 0) is 0 Å². The average molecular weight is 314 g/mol. The van der Waals surface area contributed by atoms with Crippen LogP contribution in [0, 0.1) is 51.2 Å². The third kappa shape index (κ3) is 2.10. The molecule has 1 aromatic rings. The van der Waals surface area contributed by atoms with Crippen molar-refractivity contribution in [1.29, 1.82) is 15.8 Å². The number of allylic oxidation sites excluding steroid dienone is 4. The monoisotopic (exact) mass is 314 g/mol. The molecule has 24 heavy (non-hydrogen) atoms. The fraction of sp³-hybridized carbons (Fsp3) is 0.350. The largest absolute Gasteiger partial charge is 0.399 e. The molecule has 0 heterocycles. The molecule has 0 radical (unpaired) electrons. The summed E-state index contributed by atoms with van der Waals surface area (Å²) in [4.78, 5) is 0. The summed E-state index contributed by atoms with van der Waals surface area (Å²) in [6, 6.07) is 16.1. The van der Waals surface area contributed by atoms with Gasteiger partial charge in [0.2, 0.25) is 0 Å². The van der Waals surface area contributed by atoms with Crippen molar-refractivity contribution in [2.45, 2.75) is 25.7 Å². The molecule has 4 heteroatoms. The molecule has 2 N–H and O–H groups in total. The van der Waals surface area contributed by atoms with Gasteiger partial charge in [0.1, 0.15) is 6.07 Å². The number of benzene rings is 1. The highest BCUT2D eigenvalue weighted by Gasteiger charge is 2.53. The summed E-state index contributed by atoms with van der Waals surface area (Å²) in [5.41, 5.74) is 6.98. The number of rotatable bonds is 1. The van der Waals surface area contributed by atoms with Gasteiger partial charge in [0, 0.05) is 5.92 Å². The predicted molar refractivity (Wildman–Crippen MR) is 89.6 cm³/mol. The number of hydrogen-bond acceptors (Lipinski definition) is 4. The van der Waals surface area contributed by atoms with Gasteiger partial charge in [0.05, 0.1) is 23.4 Å². The number of fused-ring (bicyclic) bond motifs is 1. The molecule has 0 spiro atoms. The van der Waals surface area contributed by atoms with Gasteiger partial charge in [-0.15, -0.1) is 0 Å². The fourth-order valence-corrected chi connectivity index (χ4v) is 4.10. The summed E-state index contributed by atoms with van der Waals surface area (Å²) in [6.07, 6.45) is 3.91. The van der Waals surface area contributed by atoms with Gasteiger partial charge in [-0.2, -0.15) is 15.8 Å². The lowest BCUT2D eigenvalue weighted by Gasteiger charge is -2.44. The highest BCUT2D eigenvalue weighted by Crippen LogP contribution is 2.56. The Morgan fingerprint density at radius 2 is 1.75 bits per heavy atom. The van der Waals surface area contributed by atoms with Crippen LogP contribution in [0.1, 0.15) is 31.2 Å². The number of nitriles is 3. The summed E-state index contributed by atoms with van der Waals surface area (Å²) < 4.78 is 0. The van der Waals surface area contributed by atoms with Crippen molar-refractivity contribution in [3.05, 3.63) is 58.8 Å². The van der Waals surface area contributed by atoms with Crippen molar-refractivity contribution in [2.75, 3.05) is 0 Å². The molecule has 0 saturated carbocycles. The molecular weight excluding hydrogens is 296 g/mol. The molecule has 1 aromatic carbocycles. The molecule has 3 rings (SSSR count). The van der Waals surface area contributed by atoms with Crippen LogP contribution in [0.25, 0.3) is 0 Å². The maximum Gasteiger partial charge on any atom is 0.191 e. The molecule has 118 valence electrons. The minimum Gasteiger partial charge on any atom is -0.399 e. The average Bonchev–Trinajstić information content (AvgIpc) is 2.62. The van der Waals surface area contributed by atoms with E-state index in [1.165, 1.54) is 0 Å². The summed E-state index contributed by atoms with van der Waals surface area (Å²) in [5.74, 6) is -0.0325. The van der Waals surface area contributed by atoms with Crippen molar-refractivity contribution in [1.82, 2.24) is 0 Å². The molecule has 0 bridgehead atoms. The Morgan fingerprint density at radius 3 is 2.33 bits per heavy atom. The lowest BCUT2D eigenvalue weighted by Crippen LogP contribution is -2.43. The van der Waals surface area contributed by atoms with E-state index in [1.54, 1.807) is 0 Å². The van der Waals surface area contributed by atoms with Gasteiger partial charge in [-0.3, -0.25) is 0 Å². The van der Waals surface area contributed by atoms with E-state index in [0.717, 1.165) is 24.0 Å².